The number of nitrogens with zero attached hydrogens (tertiary/aromatic N) is 2. The van der Waals surface area contributed by atoms with Crippen LogP contribution in [0.5, 0.6) is 0 Å². The molecular formula is C10H13N3S3. The van der Waals surface area contributed by atoms with Gasteiger partial charge in [0.25, 0.3) is 0 Å². The fourth-order valence-electron chi connectivity index (χ4n) is 1.39. The highest BCUT2D eigenvalue weighted by Gasteiger charge is 2.14. The minimum Gasteiger partial charge on any atom is -0.339 e. The lowest BCUT2D eigenvalue weighted by atomic mass is 10.3. The van der Waals surface area contributed by atoms with Crippen LogP contribution in [0.4, 0.5) is 5.13 Å². The predicted octanol–water partition coefficient (Wildman–Crippen LogP) is 3.68. The number of nitrogens with one attached hydrogen (secondary N) is 1. The number of aromatic nitrogens is 2. The number of hydrogen-bond donors (Lipinski definition) is 1. The van der Waals surface area contributed by atoms with Crippen molar-refractivity contribution in [1.29, 1.82) is 0 Å². The third-order valence-corrected chi connectivity index (χ3v) is 4.19. The average molecular weight is 271 g/mol. The number of hydrogen-bond acceptors (Lipinski definition) is 5. The van der Waals surface area contributed by atoms with Gasteiger partial charge in [0.05, 0.1) is 6.54 Å². The summed E-state index contributed by atoms with van der Waals surface area (Å²) in [5.74, 6) is 0. The molecule has 2 aromatic heterocycles. The summed E-state index contributed by atoms with van der Waals surface area (Å²) in [6, 6.07) is 4.63. The smallest absolute Gasteiger partial charge is 0.207 e. The molecule has 0 saturated carbocycles. The second kappa shape index (κ2) is 5.07. The second-order valence-corrected chi connectivity index (χ2v) is 6.37. The van der Waals surface area contributed by atoms with Gasteiger partial charge in [-0.05, 0) is 37.5 Å². The van der Waals surface area contributed by atoms with Gasteiger partial charge in [-0.1, -0.05) is 17.4 Å². The molecule has 0 spiro atoms. The normalized spacial score (nSPS) is 10.9. The van der Waals surface area contributed by atoms with Crippen molar-refractivity contribution in [1.82, 2.24) is 10.2 Å². The molecule has 0 aliphatic heterocycles. The van der Waals surface area contributed by atoms with Crippen molar-refractivity contribution in [3.63, 3.8) is 0 Å². The summed E-state index contributed by atoms with van der Waals surface area (Å²) in [7, 11) is 0. The third-order valence-electron chi connectivity index (χ3n) is 2.20. The lowest BCUT2D eigenvalue weighted by Crippen LogP contribution is -2.29. The van der Waals surface area contributed by atoms with E-state index < -0.39 is 0 Å². The Bertz CT molecular complexity index is 483. The Labute approximate surface area is 108 Å². The number of aromatic amines is 1. The summed E-state index contributed by atoms with van der Waals surface area (Å²) < 4.78 is 0.729. The Morgan fingerprint density at radius 2 is 2.38 bits per heavy atom. The fourth-order valence-corrected chi connectivity index (χ4v) is 3.10. The molecule has 0 bridgehead atoms. The number of rotatable bonds is 4. The van der Waals surface area contributed by atoms with E-state index in [1.165, 1.54) is 16.2 Å². The van der Waals surface area contributed by atoms with Crippen LogP contribution < -0.4 is 4.90 Å². The van der Waals surface area contributed by atoms with Crippen molar-refractivity contribution in [3.05, 3.63) is 26.3 Å². The summed E-state index contributed by atoms with van der Waals surface area (Å²) in [6.45, 7) is 5.22. The molecule has 0 atom stereocenters. The molecule has 16 heavy (non-hydrogen) atoms. The maximum atomic E-state index is 5.06. The van der Waals surface area contributed by atoms with E-state index in [1.54, 1.807) is 11.3 Å². The predicted molar refractivity (Wildman–Crippen MR) is 72.9 cm³/mol. The van der Waals surface area contributed by atoms with Gasteiger partial charge >= 0.3 is 0 Å². The van der Waals surface area contributed by atoms with E-state index in [0.29, 0.717) is 6.04 Å². The van der Waals surface area contributed by atoms with Crippen LogP contribution in [0.2, 0.25) is 0 Å². The highest BCUT2D eigenvalue weighted by molar-refractivity contribution is 7.73. The zero-order valence-corrected chi connectivity index (χ0v) is 11.6. The standard InChI is InChI=1S/C10H13N3S3/c1-7(2)13(6-8-4-3-5-15-8)9-11-12-10(14)16-9/h3-5,7H,6H2,1-2H3,(H,12,14). The minimum absolute atomic E-state index is 0.413. The van der Waals surface area contributed by atoms with E-state index in [1.807, 2.05) is 0 Å². The summed E-state index contributed by atoms with van der Waals surface area (Å²) in [6.07, 6.45) is 0. The molecule has 1 N–H and O–H groups in total. The van der Waals surface area contributed by atoms with Gasteiger partial charge in [0.1, 0.15) is 0 Å². The van der Waals surface area contributed by atoms with E-state index >= 15 is 0 Å². The first-order chi connectivity index (χ1) is 7.66. The molecular weight excluding hydrogens is 258 g/mol. The Balaban J connectivity index is 2.21. The zero-order chi connectivity index (χ0) is 11.5. The second-order valence-electron chi connectivity index (χ2n) is 3.70. The van der Waals surface area contributed by atoms with Gasteiger partial charge in [-0.25, -0.2) is 0 Å². The highest BCUT2D eigenvalue weighted by atomic mass is 32.1. The van der Waals surface area contributed by atoms with E-state index in [-0.39, 0.29) is 0 Å². The quantitative estimate of drug-likeness (QED) is 0.861. The Kier molecular flexibility index (Phi) is 3.73. The van der Waals surface area contributed by atoms with Crippen LogP contribution in [0.15, 0.2) is 17.5 Å². The molecule has 2 aromatic rings. The van der Waals surface area contributed by atoms with Crippen molar-refractivity contribution in [3.8, 4) is 0 Å². The molecule has 86 valence electrons. The van der Waals surface area contributed by atoms with Crippen molar-refractivity contribution in [2.75, 3.05) is 4.90 Å². The lowest BCUT2D eigenvalue weighted by molar-refractivity contribution is 0.680. The Morgan fingerprint density at radius 1 is 1.56 bits per heavy atom. The van der Waals surface area contributed by atoms with E-state index in [4.69, 9.17) is 12.2 Å². The van der Waals surface area contributed by atoms with Gasteiger partial charge < -0.3 is 4.90 Å². The van der Waals surface area contributed by atoms with Crippen LogP contribution in [0.1, 0.15) is 18.7 Å². The van der Waals surface area contributed by atoms with Gasteiger partial charge in [-0.2, -0.15) is 0 Å². The minimum atomic E-state index is 0.413. The SMILES string of the molecule is CC(C)N(Cc1cccs1)c1n[nH]c(=S)s1. The number of anilines is 1. The van der Waals surface area contributed by atoms with Gasteiger partial charge in [0, 0.05) is 10.9 Å². The first kappa shape index (κ1) is 11.8. The number of thiophene rings is 1. The molecule has 0 radical (unpaired) electrons. The summed E-state index contributed by atoms with van der Waals surface area (Å²) in [4.78, 5) is 3.60. The molecule has 0 aromatic carbocycles. The van der Waals surface area contributed by atoms with Crippen molar-refractivity contribution >= 4 is 40.0 Å². The molecule has 0 saturated heterocycles. The van der Waals surface area contributed by atoms with Crippen LogP contribution >= 0.6 is 34.9 Å². The topological polar surface area (TPSA) is 31.9 Å². The first-order valence-electron chi connectivity index (χ1n) is 5.01. The van der Waals surface area contributed by atoms with Gasteiger partial charge in [0.2, 0.25) is 5.13 Å². The Hall–Kier alpha value is -0.720. The maximum Gasteiger partial charge on any atom is 0.207 e. The third kappa shape index (κ3) is 2.69. The molecule has 0 amide bonds. The summed E-state index contributed by atoms with van der Waals surface area (Å²) in [5.41, 5.74) is 0. The van der Waals surface area contributed by atoms with Gasteiger partial charge in [0.15, 0.2) is 3.95 Å². The molecule has 2 rings (SSSR count). The largest absolute Gasteiger partial charge is 0.339 e. The molecule has 0 aliphatic carbocycles. The maximum absolute atomic E-state index is 5.06. The van der Waals surface area contributed by atoms with E-state index in [2.05, 4.69) is 46.5 Å². The van der Waals surface area contributed by atoms with Gasteiger partial charge in [-0.15, -0.1) is 16.4 Å². The van der Waals surface area contributed by atoms with Crippen LogP contribution in [0, 0.1) is 3.95 Å². The lowest BCUT2D eigenvalue weighted by Gasteiger charge is -2.24. The van der Waals surface area contributed by atoms with Crippen LogP contribution in [-0.2, 0) is 6.54 Å². The molecule has 2 heterocycles. The molecule has 0 unspecified atom stereocenters. The molecule has 0 aliphatic rings. The fraction of sp³-hybridized carbons (Fsp3) is 0.400. The average Bonchev–Trinajstić information content (AvgIpc) is 2.84. The van der Waals surface area contributed by atoms with Crippen molar-refractivity contribution in [2.24, 2.45) is 0 Å². The van der Waals surface area contributed by atoms with Crippen LogP contribution in [0.25, 0.3) is 0 Å². The van der Waals surface area contributed by atoms with E-state index in [9.17, 15) is 0 Å². The Morgan fingerprint density at radius 3 is 2.88 bits per heavy atom. The molecule has 6 heteroatoms. The van der Waals surface area contributed by atoms with Crippen LogP contribution in [-0.4, -0.2) is 16.2 Å². The van der Waals surface area contributed by atoms with Crippen molar-refractivity contribution in [2.45, 2.75) is 26.4 Å². The first-order valence-corrected chi connectivity index (χ1v) is 7.12. The molecule has 3 nitrogen and oxygen atoms in total. The zero-order valence-electron chi connectivity index (χ0n) is 9.14. The highest BCUT2D eigenvalue weighted by Crippen LogP contribution is 2.23. The molecule has 0 fully saturated rings. The van der Waals surface area contributed by atoms with Crippen molar-refractivity contribution < 1.29 is 0 Å². The van der Waals surface area contributed by atoms with E-state index in [0.717, 1.165) is 15.6 Å². The summed E-state index contributed by atoms with van der Waals surface area (Å²) in [5, 5.41) is 10.1. The van der Waals surface area contributed by atoms with Gasteiger partial charge in [-0.3, -0.25) is 5.10 Å². The summed E-state index contributed by atoms with van der Waals surface area (Å²) >= 11 is 8.36. The number of H-pyrrole nitrogens is 1. The van der Waals surface area contributed by atoms with Crippen LogP contribution in [0.3, 0.4) is 0 Å². The monoisotopic (exact) mass is 271 g/mol.